The Morgan fingerprint density at radius 1 is 1.45 bits per heavy atom. The van der Waals surface area contributed by atoms with Gasteiger partial charge in [0.15, 0.2) is 0 Å². The van der Waals surface area contributed by atoms with Gasteiger partial charge in [-0.3, -0.25) is 10.1 Å². The zero-order chi connectivity index (χ0) is 15.1. The number of carbonyl (C=O) groups excluding carboxylic acids is 2. The summed E-state index contributed by atoms with van der Waals surface area (Å²) in [6, 6.07) is -1.02. The summed E-state index contributed by atoms with van der Waals surface area (Å²) in [6.45, 7) is 2.49. The van der Waals surface area contributed by atoms with E-state index in [1.54, 1.807) is 6.92 Å². The summed E-state index contributed by atoms with van der Waals surface area (Å²) in [4.78, 5) is 37.1. The number of carboxylic acid groups (broad SMARTS) is 1. The Hall–Kier alpha value is -2.00. The SMILES string of the molecule is Cc1csc(C(C)NC(=O)NC(=O)COCC(=O)O)n1. The number of aryl methyl sites for hydroxylation is 1. The molecule has 0 saturated heterocycles. The largest absolute Gasteiger partial charge is 0.480 e. The van der Waals surface area contributed by atoms with E-state index in [0.29, 0.717) is 0 Å². The van der Waals surface area contributed by atoms with Crippen molar-refractivity contribution in [1.29, 1.82) is 0 Å². The highest BCUT2D eigenvalue weighted by Crippen LogP contribution is 2.16. The number of imide groups is 1. The second kappa shape index (κ2) is 7.56. The van der Waals surface area contributed by atoms with Crippen LogP contribution < -0.4 is 10.6 Å². The average Bonchev–Trinajstić information content (AvgIpc) is 2.75. The van der Waals surface area contributed by atoms with Gasteiger partial charge >= 0.3 is 12.0 Å². The molecule has 3 amide bonds. The molecular formula is C11H15N3O5S. The van der Waals surface area contributed by atoms with E-state index in [-0.39, 0.29) is 6.04 Å². The van der Waals surface area contributed by atoms with E-state index in [4.69, 9.17) is 5.11 Å². The number of aliphatic carboxylic acids is 1. The van der Waals surface area contributed by atoms with Crippen molar-refractivity contribution < 1.29 is 24.2 Å². The molecule has 1 aromatic heterocycles. The van der Waals surface area contributed by atoms with E-state index >= 15 is 0 Å². The first-order valence-corrected chi connectivity index (χ1v) is 6.58. The molecule has 1 heterocycles. The number of rotatable bonds is 6. The molecule has 1 unspecified atom stereocenters. The second-order valence-electron chi connectivity index (χ2n) is 3.96. The molecule has 0 radical (unpaired) electrons. The first kappa shape index (κ1) is 16.1. The van der Waals surface area contributed by atoms with Crippen molar-refractivity contribution in [3.63, 3.8) is 0 Å². The van der Waals surface area contributed by atoms with E-state index in [9.17, 15) is 14.4 Å². The van der Waals surface area contributed by atoms with Crippen LogP contribution in [0.3, 0.4) is 0 Å². The molecule has 0 aliphatic rings. The van der Waals surface area contributed by atoms with E-state index in [1.807, 2.05) is 17.6 Å². The number of nitrogens with one attached hydrogen (secondary N) is 2. The van der Waals surface area contributed by atoms with Crippen molar-refractivity contribution in [3.8, 4) is 0 Å². The van der Waals surface area contributed by atoms with Crippen molar-refractivity contribution >= 4 is 29.2 Å². The molecule has 9 heteroatoms. The van der Waals surface area contributed by atoms with Gasteiger partial charge in [-0.15, -0.1) is 11.3 Å². The fourth-order valence-electron chi connectivity index (χ4n) is 1.26. The predicted octanol–water partition coefficient (Wildman–Crippen LogP) is 0.440. The normalized spacial score (nSPS) is 11.7. The fraction of sp³-hybridized carbons (Fsp3) is 0.455. The van der Waals surface area contributed by atoms with Crippen LogP contribution in [0.4, 0.5) is 4.79 Å². The van der Waals surface area contributed by atoms with Gasteiger partial charge in [-0.1, -0.05) is 0 Å². The molecular weight excluding hydrogens is 286 g/mol. The number of aromatic nitrogens is 1. The van der Waals surface area contributed by atoms with E-state index in [1.165, 1.54) is 11.3 Å². The summed E-state index contributed by atoms with van der Waals surface area (Å²) in [5.74, 6) is -1.90. The van der Waals surface area contributed by atoms with Crippen LogP contribution in [-0.4, -0.2) is 41.2 Å². The molecule has 8 nitrogen and oxygen atoms in total. The quantitative estimate of drug-likeness (QED) is 0.701. The fourth-order valence-corrected chi connectivity index (χ4v) is 2.06. The lowest BCUT2D eigenvalue weighted by atomic mass is 10.3. The monoisotopic (exact) mass is 301 g/mol. The number of ether oxygens (including phenoxy) is 1. The molecule has 20 heavy (non-hydrogen) atoms. The Kier molecular flexibility index (Phi) is 6.07. The third-order valence-corrected chi connectivity index (χ3v) is 3.21. The number of hydrogen-bond acceptors (Lipinski definition) is 6. The van der Waals surface area contributed by atoms with Gasteiger partial charge in [0.1, 0.15) is 18.2 Å². The highest BCUT2D eigenvalue weighted by atomic mass is 32.1. The molecule has 1 aromatic rings. The first-order valence-electron chi connectivity index (χ1n) is 5.70. The standard InChI is InChI=1S/C11H15N3O5S/c1-6-5-20-10(12-6)7(2)13-11(18)14-8(15)3-19-4-9(16)17/h5,7H,3-4H2,1-2H3,(H,16,17)(H2,13,14,15,18). The molecule has 0 aromatic carbocycles. The number of urea groups is 1. The number of nitrogens with zero attached hydrogens (tertiary/aromatic N) is 1. The summed E-state index contributed by atoms with van der Waals surface area (Å²) in [7, 11) is 0. The second-order valence-corrected chi connectivity index (χ2v) is 4.85. The smallest absolute Gasteiger partial charge is 0.329 e. The van der Waals surface area contributed by atoms with E-state index in [2.05, 4.69) is 15.0 Å². The van der Waals surface area contributed by atoms with Crippen LogP contribution in [-0.2, 0) is 14.3 Å². The van der Waals surface area contributed by atoms with Crippen LogP contribution in [0, 0.1) is 6.92 Å². The number of carbonyl (C=O) groups is 3. The lowest BCUT2D eigenvalue weighted by Crippen LogP contribution is -2.42. The Morgan fingerprint density at radius 3 is 2.70 bits per heavy atom. The van der Waals surface area contributed by atoms with Gasteiger partial charge in [0.25, 0.3) is 5.91 Å². The molecule has 0 fully saturated rings. The molecule has 0 aliphatic heterocycles. The van der Waals surface area contributed by atoms with E-state index < -0.39 is 31.1 Å². The van der Waals surface area contributed by atoms with Gasteiger partial charge in [-0.05, 0) is 13.8 Å². The minimum Gasteiger partial charge on any atom is -0.480 e. The summed E-state index contributed by atoms with van der Waals surface area (Å²) >= 11 is 1.41. The van der Waals surface area contributed by atoms with Gasteiger partial charge in [0.2, 0.25) is 0 Å². The minimum absolute atomic E-state index is 0.332. The van der Waals surface area contributed by atoms with Crippen molar-refractivity contribution in [2.45, 2.75) is 19.9 Å². The van der Waals surface area contributed by atoms with Crippen LogP contribution in [0.25, 0.3) is 0 Å². The Bertz CT molecular complexity index is 502. The Labute approximate surface area is 119 Å². The molecule has 0 bridgehead atoms. The first-order chi connectivity index (χ1) is 9.38. The molecule has 3 N–H and O–H groups in total. The highest BCUT2D eigenvalue weighted by Gasteiger charge is 2.14. The Balaban J connectivity index is 2.32. The highest BCUT2D eigenvalue weighted by molar-refractivity contribution is 7.09. The van der Waals surface area contributed by atoms with Crippen LogP contribution >= 0.6 is 11.3 Å². The van der Waals surface area contributed by atoms with Crippen LogP contribution in [0.1, 0.15) is 23.7 Å². The lowest BCUT2D eigenvalue weighted by molar-refractivity contribution is -0.143. The summed E-state index contributed by atoms with van der Waals surface area (Å²) in [6.07, 6.45) is 0. The minimum atomic E-state index is -1.19. The Morgan fingerprint density at radius 2 is 2.15 bits per heavy atom. The molecule has 1 rings (SSSR count). The molecule has 0 spiro atoms. The van der Waals surface area contributed by atoms with Crippen LogP contribution in [0.2, 0.25) is 0 Å². The van der Waals surface area contributed by atoms with Crippen molar-refractivity contribution in [2.75, 3.05) is 13.2 Å². The maximum atomic E-state index is 11.5. The molecule has 0 aliphatic carbocycles. The predicted molar refractivity (Wildman–Crippen MR) is 70.4 cm³/mol. The number of hydrogen-bond donors (Lipinski definition) is 3. The van der Waals surface area contributed by atoms with Gasteiger partial charge in [0, 0.05) is 11.1 Å². The lowest BCUT2D eigenvalue weighted by Gasteiger charge is -2.11. The van der Waals surface area contributed by atoms with Crippen molar-refractivity contribution in [1.82, 2.24) is 15.6 Å². The zero-order valence-corrected chi connectivity index (χ0v) is 11.8. The number of carboxylic acids is 1. The molecule has 110 valence electrons. The van der Waals surface area contributed by atoms with Gasteiger partial charge < -0.3 is 15.2 Å². The van der Waals surface area contributed by atoms with Gasteiger partial charge in [-0.25, -0.2) is 14.6 Å². The van der Waals surface area contributed by atoms with Gasteiger partial charge in [0.05, 0.1) is 6.04 Å². The van der Waals surface area contributed by atoms with Gasteiger partial charge in [-0.2, -0.15) is 0 Å². The van der Waals surface area contributed by atoms with Crippen molar-refractivity contribution in [2.24, 2.45) is 0 Å². The average molecular weight is 301 g/mol. The number of amides is 3. The number of thiazole rings is 1. The maximum Gasteiger partial charge on any atom is 0.329 e. The maximum absolute atomic E-state index is 11.5. The summed E-state index contributed by atoms with van der Waals surface area (Å²) < 4.78 is 4.55. The third kappa shape index (κ3) is 5.76. The summed E-state index contributed by atoms with van der Waals surface area (Å²) in [5, 5.41) is 15.5. The summed E-state index contributed by atoms with van der Waals surface area (Å²) in [5.41, 5.74) is 0.859. The van der Waals surface area contributed by atoms with Crippen molar-refractivity contribution in [3.05, 3.63) is 16.1 Å². The van der Waals surface area contributed by atoms with Crippen LogP contribution in [0.15, 0.2) is 5.38 Å². The third-order valence-electron chi connectivity index (χ3n) is 2.07. The van der Waals surface area contributed by atoms with E-state index in [0.717, 1.165) is 10.7 Å². The molecule has 1 atom stereocenters. The molecule has 0 saturated carbocycles. The van der Waals surface area contributed by atoms with Crippen LogP contribution in [0.5, 0.6) is 0 Å². The topological polar surface area (TPSA) is 118 Å². The zero-order valence-electron chi connectivity index (χ0n) is 11.0.